The van der Waals surface area contributed by atoms with Crippen molar-refractivity contribution in [2.45, 2.75) is 43.9 Å². The fourth-order valence-corrected chi connectivity index (χ4v) is 3.28. The first-order valence-corrected chi connectivity index (χ1v) is 9.33. The third-order valence-electron chi connectivity index (χ3n) is 4.87. The monoisotopic (exact) mass is 385 g/mol. The molecule has 27 heavy (non-hydrogen) atoms. The number of aliphatic imine (C=N–C) groups is 1. The molecule has 1 aliphatic carbocycles. The van der Waals surface area contributed by atoms with Gasteiger partial charge < -0.3 is 20.3 Å². The van der Waals surface area contributed by atoms with Gasteiger partial charge in [0.25, 0.3) is 0 Å². The van der Waals surface area contributed by atoms with E-state index in [-0.39, 0.29) is 6.61 Å². The summed E-state index contributed by atoms with van der Waals surface area (Å²) in [5.41, 5.74) is -0.866. The summed E-state index contributed by atoms with van der Waals surface area (Å²) in [5, 5.41) is 6.46. The second-order valence-corrected chi connectivity index (χ2v) is 6.89. The summed E-state index contributed by atoms with van der Waals surface area (Å²) >= 11 is 0. The molecule has 0 atom stereocenters. The number of rotatable bonds is 6. The fourth-order valence-electron chi connectivity index (χ4n) is 3.28. The Morgan fingerprint density at radius 2 is 2.04 bits per heavy atom. The van der Waals surface area contributed by atoms with E-state index >= 15 is 0 Å². The van der Waals surface area contributed by atoms with Crippen molar-refractivity contribution >= 4 is 5.96 Å². The lowest BCUT2D eigenvalue weighted by Gasteiger charge is -2.33. The first-order valence-electron chi connectivity index (χ1n) is 9.33. The maximum Gasteiger partial charge on any atom is 0.421 e. The zero-order chi connectivity index (χ0) is 19.3. The lowest BCUT2D eigenvalue weighted by atomic mass is 10.1. The molecule has 3 rings (SSSR count). The maximum absolute atomic E-state index is 12.9. The van der Waals surface area contributed by atoms with E-state index in [1.165, 1.54) is 25.1 Å². The van der Waals surface area contributed by atoms with Crippen LogP contribution < -0.4 is 15.4 Å². The minimum absolute atomic E-state index is 0.0565. The molecular formula is C18H26F3N5O. The molecule has 150 valence electrons. The lowest BCUT2D eigenvalue weighted by Crippen LogP contribution is -2.49. The molecule has 1 saturated heterocycles. The second-order valence-electron chi connectivity index (χ2n) is 6.89. The molecule has 9 heteroatoms. The van der Waals surface area contributed by atoms with E-state index in [0.29, 0.717) is 18.5 Å². The van der Waals surface area contributed by atoms with Crippen molar-refractivity contribution < 1.29 is 17.9 Å². The molecule has 2 heterocycles. The Labute approximate surface area is 157 Å². The van der Waals surface area contributed by atoms with Crippen molar-refractivity contribution in [1.29, 1.82) is 0 Å². The SMILES string of the molecule is CN=C(NCCOc1ncccc1C(F)(F)F)NC1CCN(C2CC2)CC1. The quantitative estimate of drug-likeness (QED) is 0.447. The third kappa shape index (κ3) is 5.72. The normalized spacial score (nSPS) is 19.8. The van der Waals surface area contributed by atoms with Gasteiger partial charge in [-0.2, -0.15) is 13.2 Å². The van der Waals surface area contributed by atoms with Gasteiger partial charge in [-0.05, 0) is 37.8 Å². The number of alkyl halides is 3. The van der Waals surface area contributed by atoms with Gasteiger partial charge >= 0.3 is 6.18 Å². The first-order chi connectivity index (χ1) is 13.0. The highest BCUT2D eigenvalue weighted by Crippen LogP contribution is 2.34. The minimum Gasteiger partial charge on any atom is -0.475 e. The molecule has 2 N–H and O–H groups in total. The van der Waals surface area contributed by atoms with Crippen molar-refractivity contribution in [3.05, 3.63) is 23.9 Å². The topological polar surface area (TPSA) is 61.8 Å². The van der Waals surface area contributed by atoms with Crippen LogP contribution in [0.4, 0.5) is 13.2 Å². The molecule has 0 spiro atoms. The number of guanidine groups is 1. The van der Waals surface area contributed by atoms with Crippen molar-refractivity contribution in [3.8, 4) is 5.88 Å². The molecular weight excluding hydrogens is 359 g/mol. The zero-order valence-corrected chi connectivity index (χ0v) is 15.4. The summed E-state index contributed by atoms with van der Waals surface area (Å²) in [7, 11) is 1.68. The van der Waals surface area contributed by atoms with E-state index in [0.717, 1.165) is 38.0 Å². The second kappa shape index (κ2) is 8.77. The Balaban J connectivity index is 1.39. The highest BCUT2D eigenvalue weighted by Gasteiger charge is 2.35. The molecule has 2 fully saturated rings. The number of hydrogen-bond acceptors (Lipinski definition) is 4. The molecule has 6 nitrogen and oxygen atoms in total. The van der Waals surface area contributed by atoms with Gasteiger partial charge in [0.1, 0.15) is 12.2 Å². The number of ether oxygens (including phenoxy) is 1. The summed E-state index contributed by atoms with van der Waals surface area (Å²) in [6.07, 6.45) is 1.59. The Morgan fingerprint density at radius 3 is 2.67 bits per heavy atom. The Hall–Kier alpha value is -2.03. The average molecular weight is 385 g/mol. The molecule has 1 aromatic heterocycles. The van der Waals surface area contributed by atoms with E-state index in [1.807, 2.05) is 0 Å². The highest BCUT2D eigenvalue weighted by atomic mass is 19.4. The van der Waals surface area contributed by atoms with Crippen LogP contribution in [0.1, 0.15) is 31.2 Å². The molecule has 0 amide bonds. The number of nitrogens with one attached hydrogen (secondary N) is 2. The van der Waals surface area contributed by atoms with Gasteiger partial charge in [-0.3, -0.25) is 4.99 Å². The Bertz CT molecular complexity index is 640. The average Bonchev–Trinajstić information content (AvgIpc) is 3.49. The van der Waals surface area contributed by atoms with Gasteiger partial charge in [-0.1, -0.05) is 0 Å². The van der Waals surface area contributed by atoms with E-state index < -0.39 is 17.6 Å². The zero-order valence-electron chi connectivity index (χ0n) is 15.4. The Morgan fingerprint density at radius 1 is 1.30 bits per heavy atom. The number of piperidine rings is 1. The molecule has 0 unspecified atom stereocenters. The number of halogens is 3. The number of hydrogen-bond donors (Lipinski definition) is 2. The van der Waals surface area contributed by atoms with E-state index in [2.05, 4.69) is 25.5 Å². The van der Waals surface area contributed by atoms with Crippen LogP contribution in [0.3, 0.4) is 0 Å². The molecule has 0 aromatic carbocycles. The summed E-state index contributed by atoms with van der Waals surface area (Å²) in [6.45, 7) is 2.58. The summed E-state index contributed by atoms with van der Waals surface area (Å²) in [4.78, 5) is 10.4. The van der Waals surface area contributed by atoms with Gasteiger partial charge in [0, 0.05) is 38.4 Å². The molecule has 2 aliphatic rings. The van der Waals surface area contributed by atoms with Gasteiger partial charge in [-0.15, -0.1) is 0 Å². The highest BCUT2D eigenvalue weighted by molar-refractivity contribution is 5.79. The van der Waals surface area contributed by atoms with Crippen molar-refractivity contribution in [1.82, 2.24) is 20.5 Å². The number of likely N-dealkylation sites (tertiary alicyclic amines) is 1. The fraction of sp³-hybridized carbons (Fsp3) is 0.667. The van der Waals surface area contributed by atoms with Crippen LogP contribution >= 0.6 is 0 Å². The number of nitrogens with zero attached hydrogens (tertiary/aromatic N) is 3. The van der Waals surface area contributed by atoms with Crippen LogP contribution in [0.25, 0.3) is 0 Å². The van der Waals surface area contributed by atoms with Crippen LogP contribution in [-0.2, 0) is 6.18 Å². The van der Waals surface area contributed by atoms with Gasteiger partial charge in [0.05, 0.1) is 6.54 Å². The van der Waals surface area contributed by atoms with E-state index in [1.54, 1.807) is 7.05 Å². The first kappa shape index (κ1) is 19.7. The van der Waals surface area contributed by atoms with Crippen LogP contribution in [0.15, 0.2) is 23.3 Å². The van der Waals surface area contributed by atoms with E-state index in [9.17, 15) is 13.2 Å². The smallest absolute Gasteiger partial charge is 0.421 e. The van der Waals surface area contributed by atoms with Gasteiger partial charge in [0.2, 0.25) is 5.88 Å². The van der Waals surface area contributed by atoms with Crippen LogP contribution in [0.2, 0.25) is 0 Å². The third-order valence-corrected chi connectivity index (χ3v) is 4.87. The van der Waals surface area contributed by atoms with Crippen LogP contribution in [0.5, 0.6) is 5.88 Å². The summed E-state index contributed by atoms with van der Waals surface area (Å²) in [6, 6.07) is 3.37. The standard InChI is InChI=1S/C18H26F3N5O/c1-22-17(25-13-6-10-26(11-7-13)14-4-5-14)24-9-12-27-16-15(18(19,20)21)3-2-8-23-16/h2-3,8,13-14H,4-7,9-12H2,1H3,(H2,22,24,25). The molecule has 1 saturated carbocycles. The molecule has 1 aliphatic heterocycles. The summed E-state index contributed by atoms with van der Waals surface area (Å²) in [5.74, 6) is 0.239. The molecule has 0 bridgehead atoms. The van der Waals surface area contributed by atoms with Crippen molar-refractivity contribution in [2.75, 3.05) is 33.3 Å². The lowest BCUT2D eigenvalue weighted by molar-refractivity contribution is -0.139. The number of aromatic nitrogens is 1. The predicted molar refractivity (Wildman–Crippen MR) is 96.8 cm³/mol. The van der Waals surface area contributed by atoms with Crippen molar-refractivity contribution in [2.24, 2.45) is 4.99 Å². The van der Waals surface area contributed by atoms with E-state index in [4.69, 9.17) is 4.74 Å². The number of pyridine rings is 1. The van der Waals surface area contributed by atoms with Crippen LogP contribution in [-0.4, -0.2) is 61.2 Å². The Kier molecular flexibility index (Phi) is 6.41. The van der Waals surface area contributed by atoms with Crippen LogP contribution in [0, 0.1) is 0 Å². The molecule has 0 radical (unpaired) electrons. The molecule has 1 aromatic rings. The summed E-state index contributed by atoms with van der Waals surface area (Å²) < 4.78 is 44.0. The van der Waals surface area contributed by atoms with Gasteiger partial charge in [-0.25, -0.2) is 4.98 Å². The maximum atomic E-state index is 12.9. The van der Waals surface area contributed by atoms with Gasteiger partial charge in [0.15, 0.2) is 5.96 Å². The largest absolute Gasteiger partial charge is 0.475 e. The predicted octanol–water partition coefficient (Wildman–Crippen LogP) is 2.27. The van der Waals surface area contributed by atoms with Crippen molar-refractivity contribution in [3.63, 3.8) is 0 Å². The minimum atomic E-state index is -4.48.